The van der Waals surface area contributed by atoms with Gasteiger partial charge in [0.1, 0.15) is 4.21 Å². The smallest absolute Gasteiger partial charge is 0.272 e. The first-order valence-electron chi connectivity index (χ1n) is 8.82. The van der Waals surface area contributed by atoms with E-state index in [2.05, 4.69) is 20.0 Å². The highest BCUT2D eigenvalue weighted by Gasteiger charge is 2.20. The van der Waals surface area contributed by atoms with Crippen molar-refractivity contribution < 1.29 is 17.9 Å². The lowest BCUT2D eigenvalue weighted by Gasteiger charge is -2.14. The molecule has 0 saturated carbocycles. The van der Waals surface area contributed by atoms with Crippen LogP contribution in [0.25, 0.3) is 11.0 Å². The second-order valence-electron chi connectivity index (χ2n) is 6.14. The van der Waals surface area contributed by atoms with Crippen LogP contribution in [-0.2, 0) is 10.0 Å². The molecule has 0 radical (unpaired) electrons. The Bertz CT molecular complexity index is 1290. The first-order chi connectivity index (χ1) is 14.5. The van der Waals surface area contributed by atoms with Crippen LogP contribution in [0.2, 0.25) is 0 Å². The molecule has 10 heteroatoms. The Morgan fingerprint density at radius 3 is 2.20 bits per heavy atom. The van der Waals surface area contributed by atoms with Crippen molar-refractivity contribution >= 4 is 49.7 Å². The third kappa shape index (κ3) is 4.00. The van der Waals surface area contributed by atoms with Gasteiger partial charge in [0.15, 0.2) is 23.1 Å². The molecule has 4 aromatic rings. The number of thiophene rings is 1. The third-order valence-electron chi connectivity index (χ3n) is 4.21. The highest BCUT2D eigenvalue weighted by Crippen LogP contribution is 2.33. The average molecular weight is 443 g/mol. The molecule has 0 unspecified atom stereocenters. The Morgan fingerprint density at radius 1 is 0.867 bits per heavy atom. The fraction of sp³-hybridized carbons (Fsp3) is 0.100. The number of nitrogens with zero attached hydrogens (tertiary/aromatic N) is 2. The Balaban J connectivity index is 1.77. The summed E-state index contributed by atoms with van der Waals surface area (Å²) < 4.78 is 38.8. The quantitative estimate of drug-likeness (QED) is 0.441. The number of nitrogens with one attached hydrogen (secondary N) is 2. The van der Waals surface area contributed by atoms with E-state index in [1.54, 1.807) is 48.9 Å². The maximum atomic E-state index is 12.8. The van der Waals surface area contributed by atoms with Gasteiger partial charge < -0.3 is 14.8 Å². The normalized spacial score (nSPS) is 11.3. The molecule has 8 nitrogen and oxygen atoms in total. The fourth-order valence-corrected chi connectivity index (χ4v) is 4.80. The number of ether oxygens (including phenoxy) is 2. The predicted octanol–water partition coefficient (Wildman–Crippen LogP) is 4.25. The lowest BCUT2D eigenvalue weighted by atomic mass is 10.2. The molecule has 0 fully saturated rings. The van der Waals surface area contributed by atoms with E-state index in [4.69, 9.17) is 9.47 Å². The van der Waals surface area contributed by atoms with Crippen LogP contribution in [0.5, 0.6) is 11.5 Å². The summed E-state index contributed by atoms with van der Waals surface area (Å²) in [5, 5.41) is 4.82. The standard InChI is InChI=1S/C20H18N4O4S2/c1-27-16-10-9-13(12-17(16)28-2)21-19-20(23-15-7-4-3-6-14(15)22-19)24-30(25,26)18-8-5-11-29-18/h3-12H,1-2H3,(H,21,22)(H,23,24). The van der Waals surface area contributed by atoms with E-state index in [1.165, 1.54) is 13.2 Å². The third-order valence-corrected chi connectivity index (χ3v) is 6.94. The Morgan fingerprint density at radius 2 is 1.57 bits per heavy atom. The molecule has 0 spiro atoms. The summed E-state index contributed by atoms with van der Waals surface area (Å²) in [5.41, 5.74) is 1.83. The zero-order chi connectivity index (χ0) is 21.1. The van der Waals surface area contributed by atoms with Gasteiger partial charge in [0, 0.05) is 11.8 Å². The minimum absolute atomic E-state index is 0.0943. The van der Waals surface area contributed by atoms with Crippen molar-refractivity contribution in [2.24, 2.45) is 0 Å². The Labute approximate surface area is 177 Å². The number of rotatable bonds is 7. The number of fused-ring (bicyclic) bond motifs is 1. The van der Waals surface area contributed by atoms with Crippen LogP contribution < -0.4 is 19.5 Å². The SMILES string of the molecule is COc1ccc(Nc2nc3ccccc3nc2NS(=O)(=O)c2cccs2)cc1OC. The van der Waals surface area contributed by atoms with Crippen LogP contribution in [0.15, 0.2) is 64.2 Å². The van der Waals surface area contributed by atoms with Crippen molar-refractivity contribution in [2.75, 3.05) is 24.3 Å². The first-order valence-corrected chi connectivity index (χ1v) is 11.2. The van der Waals surface area contributed by atoms with E-state index in [1.807, 2.05) is 12.1 Å². The zero-order valence-electron chi connectivity index (χ0n) is 16.1. The minimum atomic E-state index is -3.80. The number of sulfonamides is 1. The van der Waals surface area contributed by atoms with E-state index >= 15 is 0 Å². The number of anilines is 3. The maximum absolute atomic E-state index is 12.8. The van der Waals surface area contributed by atoms with Crippen molar-refractivity contribution in [2.45, 2.75) is 4.21 Å². The highest BCUT2D eigenvalue weighted by molar-refractivity contribution is 7.94. The number of para-hydroxylation sites is 2. The molecule has 0 aliphatic rings. The maximum Gasteiger partial charge on any atom is 0.272 e. The van der Waals surface area contributed by atoms with Crippen molar-refractivity contribution in [3.8, 4) is 11.5 Å². The fourth-order valence-electron chi connectivity index (χ4n) is 2.80. The van der Waals surface area contributed by atoms with Crippen LogP contribution in [0.4, 0.5) is 17.3 Å². The van der Waals surface area contributed by atoms with Gasteiger partial charge in [0.2, 0.25) is 0 Å². The van der Waals surface area contributed by atoms with Crippen molar-refractivity contribution in [1.29, 1.82) is 0 Å². The molecular weight excluding hydrogens is 424 g/mol. The second-order valence-corrected chi connectivity index (χ2v) is 9.00. The number of benzene rings is 2. The summed E-state index contributed by atoms with van der Waals surface area (Å²) in [6.45, 7) is 0. The van der Waals surface area contributed by atoms with Gasteiger partial charge >= 0.3 is 0 Å². The van der Waals surface area contributed by atoms with Crippen molar-refractivity contribution in [1.82, 2.24) is 9.97 Å². The van der Waals surface area contributed by atoms with E-state index < -0.39 is 10.0 Å². The van der Waals surface area contributed by atoms with Gasteiger partial charge in [-0.2, -0.15) is 0 Å². The van der Waals surface area contributed by atoms with Crippen LogP contribution >= 0.6 is 11.3 Å². The first kappa shape index (κ1) is 19.9. The van der Waals surface area contributed by atoms with Crippen LogP contribution in [-0.4, -0.2) is 32.6 Å². The van der Waals surface area contributed by atoms with Crippen LogP contribution in [0.3, 0.4) is 0 Å². The molecule has 0 amide bonds. The van der Waals surface area contributed by atoms with Gasteiger partial charge in [-0.25, -0.2) is 18.4 Å². The summed E-state index contributed by atoms with van der Waals surface area (Å²) >= 11 is 1.12. The number of methoxy groups -OCH3 is 2. The summed E-state index contributed by atoms with van der Waals surface area (Å²) in [7, 11) is -0.703. The van der Waals surface area contributed by atoms with Gasteiger partial charge in [-0.05, 0) is 35.7 Å². The Hall–Kier alpha value is -3.37. The molecule has 2 aromatic heterocycles. The molecule has 0 saturated heterocycles. The molecule has 0 aliphatic heterocycles. The summed E-state index contributed by atoms with van der Waals surface area (Å²) in [4.78, 5) is 9.04. The molecular formula is C20H18N4O4S2. The summed E-state index contributed by atoms with van der Waals surface area (Å²) in [6, 6.07) is 15.7. The van der Waals surface area contributed by atoms with Gasteiger partial charge in [0.25, 0.3) is 10.0 Å². The lowest BCUT2D eigenvalue weighted by Crippen LogP contribution is -2.15. The largest absolute Gasteiger partial charge is 0.493 e. The van der Waals surface area contributed by atoms with E-state index in [9.17, 15) is 8.42 Å². The monoisotopic (exact) mass is 442 g/mol. The lowest BCUT2D eigenvalue weighted by molar-refractivity contribution is 0.355. The Kier molecular flexibility index (Phi) is 5.42. The molecule has 0 bridgehead atoms. The molecule has 2 heterocycles. The topological polar surface area (TPSA) is 102 Å². The molecule has 2 aromatic carbocycles. The molecule has 0 aliphatic carbocycles. The molecule has 2 N–H and O–H groups in total. The highest BCUT2D eigenvalue weighted by atomic mass is 32.2. The van der Waals surface area contributed by atoms with Gasteiger partial charge in [-0.1, -0.05) is 18.2 Å². The molecule has 0 atom stereocenters. The van der Waals surface area contributed by atoms with Gasteiger partial charge in [-0.3, -0.25) is 4.72 Å². The summed E-state index contributed by atoms with van der Waals surface area (Å²) in [6.07, 6.45) is 0. The molecule has 30 heavy (non-hydrogen) atoms. The minimum Gasteiger partial charge on any atom is -0.493 e. The molecule has 4 rings (SSSR count). The van der Waals surface area contributed by atoms with Crippen LogP contribution in [0.1, 0.15) is 0 Å². The van der Waals surface area contributed by atoms with E-state index in [0.29, 0.717) is 28.2 Å². The average Bonchev–Trinajstić information content (AvgIpc) is 3.30. The number of aromatic nitrogens is 2. The second kappa shape index (κ2) is 8.17. The van der Waals surface area contributed by atoms with Gasteiger partial charge in [0.05, 0.1) is 25.3 Å². The van der Waals surface area contributed by atoms with Crippen molar-refractivity contribution in [3.63, 3.8) is 0 Å². The zero-order valence-corrected chi connectivity index (χ0v) is 17.8. The van der Waals surface area contributed by atoms with E-state index in [-0.39, 0.29) is 15.8 Å². The van der Waals surface area contributed by atoms with Crippen molar-refractivity contribution in [3.05, 3.63) is 60.0 Å². The summed E-state index contributed by atoms with van der Waals surface area (Å²) in [5.74, 6) is 1.46. The predicted molar refractivity (Wildman–Crippen MR) is 117 cm³/mol. The van der Waals surface area contributed by atoms with Gasteiger partial charge in [-0.15, -0.1) is 11.3 Å². The molecule has 154 valence electrons. The number of hydrogen-bond donors (Lipinski definition) is 2. The van der Waals surface area contributed by atoms with Crippen LogP contribution in [0, 0.1) is 0 Å². The van der Waals surface area contributed by atoms with E-state index in [0.717, 1.165) is 11.3 Å². The number of hydrogen-bond acceptors (Lipinski definition) is 8.